The summed E-state index contributed by atoms with van der Waals surface area (Å²) in [6.07, 6.45) is 2.04. The van der Waals surface area contributed by atoms with E-state index in [1.807, 2.05) is 6.92 Å². The van der Waals surface area contributed by atoms with Crippen molar-refractivity contribution >= 4 is 11.3 Å². The third kappa shape index (κ3) is 3.33. The van der Waals surface area contributed by atoms with Gasteiger partial charge in [-0.25, -0.2) is 0 Å². The minimum absolute atomic E-state index is 0.190. The molecule has 2 N–H and O–H groups in total. The first kappa shape index (κ1) is 10.5. The molecule has 0 spiro atoms. The van der Waals surface area contributed by atoms with E-state index in [2.05, 4.69) is 25.6 Å². The number of rotatable bonds is 4. The van der Waals surface area contributed by atoms with E-state index in [0.717, 1.165) is 12.8 Å². The van der Waals surface area contributed by atoms with Crippen molar-refractivity contribution in [1.29, 1.82) is 0 Å². The number of nitrogens with two attached hydrogens (primary N) is 1. The standard InChI is InChI=1S/C11H17NS/c1-8(2)4-6-10(12)11-7-5-9(3)13-11/h5,7,10H,1,4,6,12H2,2-3H3. The number of aryl methyl sites for hydroxylation is 1. The van der Waals surface area contributed by atoms with Crippen LogP contribution in [-0.2, 0) is 0 Å². The Kier molecular flexibility index (Phi) is 3.70. The normalized spacial score (nSPS) is 12.8. The van der Waals surface area contributed by atoms with Crippen molar-refractivity contribution in [2.45, 2.75) is 32.7 Å². The summed E-state index contributed by atoms with van der Waals surface area (Å²) in [4.78, 5) is 2.62. The molecule has 0 aromatic carbocycles. The lowest BCUT2D eigenvalue weighted by Gasteiger charge is -2.08. The Morgan fingerprint density at radius 2 is 2.31 bits per heavy atom. The molecule has 1 unspecified atom stereocenters. The van der Waals surface area contributed by atoms with Crippen molar-refractivity contribution in [3.63, 3.8) is 0 Å². The number of thiophene rings is 1. The van der Waals surface area contributed by atoms with Crippen molar-refractivity contribution in [3.8, 4) is 0 Å². The smallest absolute Gasteiger partial charge is 0.0392 e. The van der Waals surface area contributed by atoms with Crippen LogP contribution in [0.5, 0.6) is 0 Å². The lowest BCUT2D eigenvalue weighted by atomic mass is 10.1. The lowest BCUT2D eigenvalue weighted by Crippen LogP contribution is -2.08. The zero-order valence-corrected chi connectivity index (χ0v) is 9.16. The summed E-state index contributed by atoms with van der Waals surface area (Å²) >= 11 is 1.79. The molecule has 1 heterocycles. The molecular formula is C11H17NS. The molecule has 0 radical (unpaired) electrons. The van der Waals surface area contributed by atoms with E-state index in [4.69, 9.17) is 5.73 Å². The van der Waals surface area contributed by atoms with Crippen LogP contribution in [0.1, 0.15) is 35.6 Å². The molecule has 13 heavy (non-hydrogen) atoms. The summed E-state index contributed by atoms with van der Waals surface area (Å²) in [6, 6.07) is 4.44. The second-order valence-corrected chi connectivity index (χ2v) is 4.87. The van der Waals surface area contributed by atoms with Crippen molar-refractivity contribution in [1.82, 2.24) is 0 Å². The van der Waals surface area contributed by atoms with Crippen LogP contribution in [0, 0.1) is 6.92 Å². The molecule has 0 aliphatic heterocycles. The Balaban J connectivity index is 2.48. The maximum absolute atomic E-state index is 6.03. The van der Waals surface area contributed by atoms with Crippen molar-refractivity contribution in [2.75, 3.05) is 0 Å². The van der Waals surface area contributed by atoms with Crippen LogP contribution in [-0.4, -0.2) is 0 Å². The third-order valence-electron chi connectivity index (χ3n) is 2.01. The molecule has 1 aromatic heterocycles. The van der Waals surface area contributed by atoms with Crippen LogP contribution >= 0.6 is 11.3 Å². The highest BCUT2D eigenvalue weighted by atomic mass is 32.1. The monoisotopic (exact) mass is 195 g/mol. The predicted molar refractivity (Wildman–Crippen MR) is 60.0 cm³/mol. The first-order chi connectivity index (χ1) is 6.09. The third-order valence-corrected chi connectivity index (χ3v) is 3.14. The fourth-order valence-electron chi connectivity index (χ4n) is 1.20. The van der Waals surface area contributed by atoms with Gasteiger partial charge in [0, 0.05) is 15.8 Å². The molecule has 1 rings (SSSR count). The van der Waals surface area contributed by atoms with Crippen LogP contribution in [0.2, 0.25) is 0 Å². The fraction of sp³-hybridized carbons (Fsp3) is 0.455. The van der Waals surface area contributed by atoms with Crippen LogP contribution in [0.25, 0.3) is 0 Å². The Labute approximate surface area is 84.3 Å². The van der Waals surface area contributed by atoms with E-state index in [1.54, 1.807) is 11.3 Å². The van der Waals surface area contributed by atoms with Crippen molar-refractivity contribution in [3.05, 3.63) is 34.0 Å². The topological polar surface area (TPSA) is 26.0 Å². The minimum Gasteiger partial charge on any atom is -0.323 e. The van der Waals surface area contributed by atoms with E-state index in [-0.39, 0.29) is 6.04 Å². The maximum atomic E-state index is 6.03. The van der Waals surface area contributed by atoms with Crippen LogP contribution in [0.3, 0.4) is 0 Å². The highest BCUT2D eigenvalue weighted by molar-refractivity contribution is 7.12. The summed E-state index contributed by atoms with van der Waals surface area (Å²) in [5.41, 5.74) is 7.24. The predicted octanol–water partition coefficient (Wildman–Crippen LogP) is 3.41. The van der Waals surface area contributed by atoms with E-state index in [0.29, 0.717) is 0 Å². The molecule has 0 fully saturated rings. The SMILES string of the molecule is C=C(C)CCC(N)c1ccc(C)s1. The van der Waals surface area contributed by atoms with Gasteiger partial charge in [-0.05, 0) is 38.8 Å². The van der Waals surface area contributed by atoms with Gasteiger partial charge in [-0.3, -0.25) is 0 Å². The quantitative estimate of drug-likeness (QED) is 0.732. The molecule has 0 bridgehead atoms. The van der Waals surface area contributed by atoms with Gasteiger partial charge in [-0.1, -0.05) is 5.57 Å². The van der Waals surface area contributed by atoms with Crippen LogP contribution < -0.4 is 5.73 Å². The summed E-state index contributed by atoms with van der Waals surface area (Å²) in [5.74, 6) is 0. The molecule has 1 aromatic rings. The molecule has 0 aliphatic rings. The molecule has 0 saturated carbocycles. The molecule has 72 valence electrons. The highest BCUT2D eigenvalue weighted by Gasteiger charge is 2.07. The highest BCUT2D eigenvalue weighted by Crippen LogP contribution is 2.24. The first-order valence-corrected chi connectivity index (χ1v) is 5.37. The molecular weight excluding hydrogens is 178 g/mol. The maximum Gasteiger partial charge on any atom is 0.0392 e. The first-order valence-electron chi connectivity index (χ1n) is 4.56. The van der Waals surface area contributed by atoms with Crippen molar-refractivity contribution in [2.24, 2.45) is 5.73 Å². The summed E-state index contributed by atoms with van der Waals surface area (Å²) in [5, 5.41) is 0. The van der Waals surface area contributed by atoms with E-state index in [9.17, 15) is 0 Å². The van der Waals surface area contributed by atoms with Gasteiger partial charge in [-0.2, -0.15) is 0 Å². The Morgan fingerprint density at radius 1 is 1.62 bits per heavy atom. The number of hydrogen-bond donors (Lipinski definition) is 1. The van der Waals surface area contributed by atoms with Gasteiger partial charge < -0.3 is 5.73 Å². The molecule has 0 aliphatic carbocycles. The molecule has 0 saturated heterocycles. The van der Waals surface area contributed by atoms with Gasteiger partial charge in [0.2, 0.25) is 0 Å². The molecule has 1 nitrogen and oxygen atoms in total. The largest absolute Gasteiger partial charge is 0.323 e. The fourth-order valence-corrected chi connectivity index (χ4v) is 2.11. The van der Waals surface area contributed by atoms with Crippen LogP contribution in [0.15, 0.2) is 24.3 Å². The second-order valence-electron chi connectivity index (χ2n) is 3.55. The summed E-state index contributed by atoms with van der Waals surface area (Å²) in [7, 11) is 0. The number of hydrogen-bond acceptors (Lipinski definition) is 2. The summed E-state index contributed by atoms with van der Waals surface area (Å²) in [6.45, 7) is 8.03. The van der Waals surface area contributed by atoms with E-state index >= 15 is 0 Å². The summed E-state index contributed by atoms with van der Waals surface area (Å²) < 4.78 is 0. The second kappa shape index (κ2) is 4.58. The Morgan fingerprint density at radius 3 is 2.77 bits per heavy atom. The molecule has 1 atom stereocenters. The minimum atomic E-state index is 0.190. The lowest BCUT2D eigenvalue weighted by molar-refractivity contribution is 0.659. The van der Waals surface area contributed by atoms with E-state index < -0.39 is 0 Å². The zero-order valence-electron chi connectivity index (χ0n) is 8.34. The van der Waals surface area contributed by atoms with Gasteiger partial charge in [0.05, 0.1) is 0 Å². The van der Waals surface area contributed by atoms with E-state index in [1.165, 1.54) is 15.3 Å². The van der Waals surface area contributed by atoms with Crippen LogP contribution in [0.4, 0.5) is 0 Å². The molecule has 2 heteroatoms. The zero-order chi connectivity index (χ0) is 9.84. The van der Waals surface area contributed by atoms with Gasteiger partial charge >= 0.3 is 0 Å². The average Bonchev–Trinajstić information content (AvgIpc) is 2.47. The Hall–Kier alpha value is -0.600. The molecule has 0 amide bonds. The number of allylic oxidation sites excluding steroid dienone is 1. The Bertz CT molecular complexity index is 288. The average molecular weight is 195 g/mol. The van der Waals surface area contributed by atoms with Gasteiger partial charge in [0.1, 0.15) is 0 Å². The van der Waals surface area contributed by atoms with Gasteiger partial charge in [-0.15, -0.1) is 17.9 Å². The van der Waals surface area contributed by atoms with Crippen molar-refractivity contribution < 1.29 is 0 Å². The van der Waals surface area contributed by atoms with Gasteiger partial charge in [0.25, 0.3) is 0 Å². The van der Waals surface area contributed by atoms with Gasteiger partial charge in [0.15, 0.2) is 0 Å².